The number of rotatable bonds is 8. The summed E-state index contributed by atoms with van der Waals surface area (Å²) in [4.78, 5) is 20.8. The van der Waals surface area contributed by atoms with Gasteiger partial charge in [-0.05, 0) is 17.7 Å². The Bertz CT molecular complexity index is 1070. The Hall–Kier alpha value is -3.14. The standard InChI is InChI=1S/C20H20N4O4S/c25-10-9-24-29(27,28)18-8-4-5-15(11-18)12-23-20(26)17-13-21-19(22-14-17)16-6-2-1-3-7-16/h1-8,11,13-14,24-25H,9-10,12H2,(H,23,26). The minimum absolute atomic E-state index is 0.0632. The molecule has 0 unspecified atom stereocenters. The van der Waals surface area contributed by atoms with Crippen molar-refractivity contribution in [2.75, 3.05) is 13.2 Å². The molecule has 8 nitrogen and oxygen atoms in total. The number of carbonyl (C=O) groups is 1. The predicted octanol–water partition coefficient (Wildman–Crippen LogP) is 1.34. The average Bonchev–Trinajstić information content (AvgIpc) is 2.77. The first kappa shape index (κ1) is 20.6. The van der Waals surface area contributed by atoms with Gasteiger partial charge in [-0.25, -0.2) is 23.1 Å². The molecule has 1 aromatic heterocycles. The van der Waals surface area contributed by atoms with E-state index in [1.165, 1.54) is 24.5 Å². The van der Waals surface area contributed by atoms with E-state index in [9.17, 15) is 13.2 Å². The van der Waals surface area contributed by atoms with Gasteiger partial charge in [0.05, 0.1) is 17.1 Å². The van der Waals surface area contributed by atoms with Crippen molar-refractivity contribution in [3.05, 3.63) is 78.1 Å². The summed E-state index contributed by atoms with van der Waals surface area (Å²) in [6, 6.07) is 15.6. The van der Waals surface area contributed by atoms with Crippen LogP contribution in [0.15, 0.2) is 71.9 Å². The van der Waals surface area contributed by atoms with Crippen LogP contribution >= 0.6 is 0 Å². The summed E-state index contributed by atoms with van der Waals surface area (Å²) >= 11 is 0. The smallest absolute Gasteiger partial charge is 0.254 e. The molecule has 9 heteroatoms. The summed E-state index contributed by atoms with van der Waals surface area (Å²) in [5.41, 5.74) is 1.78. The van der Waals surface area contributed by atoms with Gasteiger partial charge in [0, 0.05) is 31.0 Å². The topological polar surface area (TPSA) is 121 Å². The zero-order valence-electron chi connectivity index (χ0n) is 15.4. The highest BCUT2D eigenvalue weighted by Gasteiger charge is 2.14. The Morgan fingerprint density at radius 1 is 1.00 bits per heavy atom. The van der Waals surface area contributed by atoms with Gasteiger partial charge in [-0.3, -0.25) is 4.79 Å². The lowest BCUT2D eigenvalue weighted by molar-refractivity contribution is 0.0950. The second-order valence-corrected chi connectivity index (χ2v) is 7.88. The molecule has 3 N–H and O–H groups in total. The fourth-order valence-electron chi connectivity index (χ4n) is 2.55. The highest BCUT2D eigenvalue weighted by Crippen LogP contribution is 2.14. The molecule has 0 atom stereocenters. The second kappa shape index (κ2) is 9.37. The fourth-order valence-corrected chi connectivity index (χ4v) is 3.64. The van der Waals surface area contributed by atoms with Gasteiger partial charge in [-0.15, -0.1) is 0 Å². The third-order valence-electron chi connectivity index (χ3n) is 4.01. The summed E-state index contributed by atoms with van der Waals surface area (Å²) in [6.45, 7) is -0.217. The molecule has 0 spiro atoms. The zero-order chi connectivity index (χ0) is 20.7. The van der Waals surface area contributed by atoms with Crippen LogP contribution in [0.4, 0.5) is 0 Å². The number of aliphatic hydroxyl groups excluding tert-OH is 1. The SMILES string of the molecule is O=C(NCc1cccc(S(=O)(=O)NCCO)c1)c1cnc(-c2ccccc2)nc1. The molecular weight excluding hydrogens is 392 g/mol. The van der Waals surface area contributed by atoms with E-state index in [2.05, 4.69) is 20.0 Å². The van der Waals surface area contributed by atoms with Gasteiger partial charge in [-0.2, -0.15) is 0 Å². The van der Waals surface area contributed by atoms with Crippen molar-refractivity contribution in [3.63, 3.8) is 0 Å². The van der Waals surface area contributed by atoms with E-state index in [1.54, 1.807) is 12.1 Å². The van der Waals surface area contributed by atoms with Crippen LogP contribution in [0.25, 0.3) is 11.4 Å². The number of hydrogen-bond donors (Lipinski definition) is 3. The van der Waals surface area contributed by atoms with E-state index in [4.69, 9.17) is 5.11 Å². The monoisotopic (exact) mass is 412 g/mol. The van der Waals surface area contributed by atoms with Crippen LogP contribution in [0.1, 0.15) is 15.9 Å². The van der Waals surface area contributed by atoms with Crippen molar-refractivity contribution in [2.45, 2.75) is 11.4 Å². The molecule has 3 rings (SSSR count). The molecule has 150 valence electrons. The van der Waals surface area contributed by atoms with Crippen LogP contribution in [-0.4, -0.2) is 42.6 Å². The third-order valence-corrected chi connectivity index (χ3v) is 5.47. The minimum Gasteiger partial charge on any atom is -0.395 e. The quantitative estimate of drug-likeness (QED) is 0.513. The number of nitrogens with zero attached hydrogens (tertiary/aromatic N) is 2. The fraction of sp³-hybridized carbons (Fsp3) is 0.150. The molecule has 0 aliphatic rings. The molecule has 2 aromatic carbocycles. The summed E-state index contributed by atoms with van der Waals surface area (Å²) in [7, 11) is -3.71. The predicted molar refractivity (Wildman–Crippen MR) is 107 cm³/mol. The Morgan fingerprint density at radius 2 is 1.72 bits per heavy atom. The van der Waals surface area contributed by atoms with Crippen molar-refractivity contribution < 1.29 is 18.3 Å². The molecule has 0 fully saturated rings. The number of carbonyl (C=O) groups excluding carboxylic acids is 1. The number of benzene rings is 2. The normalized spacial score (nSPS) is 11.2. The molecule has 29 heavy (non-hydrogen) atoms. The molecule has 0 aliphatic heterocycles. The largest absolute Gasteiger partial charge is 0.395 e. The van der Waals surface area contributed by atoms with E-state index in [1.807, 2.05) is 30.3 Å². The van der Waals surface area contributed by atoms with E-state index in [0.29, 0.717) is 17.0 Å². The summed E-state index contributed by atoms with van der Waals surface area (Å²) in [5.74, 6) is 0.159. The van der Waals surface area contributed by atoms with Crippen LogP contribution in [0.3, 0.4) is 0 Å². The van der Waals surface area contributed by atoms with E-state index < -0.39 is 10.0 Å². The number of aromatic nitrogens is 2. The third kappa shape index (κ3) is 5.44. The van der Waals surface area contributed by atoms with Crippen molar-refractivity contribution in [2.24, 2.45) is 0 Å². The second-order valence-electron chi connectivity index (χ2n) is 6.11. The highest BCUT2D eigenvalue weighted by atomic mass is 32.2. The van der Waals surface area contributed by atoms with E-state index in [0.717, 1.165) is 5.56 Å². The lowest BCUT2D eigenvalue weighted by Crippen LogP contribution is -2.27. The number of aliphatic hydroxyl groups is 1. The van der Waals surface area contributed by atoms with Crippen LogP contribution in [0.5, 0.6) is 0 Å². The first-order valence-corrected chi connectivity index (χ1v) is 10.3. The number of sulfonamides is 1. The van der Waals surface area contributed by atoms with Crippen LogP contribution in [-0.2, 0) is 16.6 Å². The van der Waals surface area contributed by atoms with E-state index >= 15 is 0 Å². The number of amides is 1. The van der Waals surface area contributed by atoms with E-state index in [-0.39, 0.29) is 30.5 Å². The van der Waals surface area contributed by atoms with Crippen molar-refractivity contribution >= 4 is 15.9 Å². The van der Waals surface area contributed by atoms with Crippen LogP contribution in [0, 0.1) is 0 Å². The number of hydrogen-bond acceptors (Lipinski definition) is 6. The summed E-state index contributed by atoms with van der Waals surface area (Å²) in [5, 5.41) is 11.5. The van der Waals surface area contributed by atoms with Crippen LogP contribution < -0.4 is 10.0 Å². The molecule has 0 saturated carbocycles. The Labute approximate surface area is 168 Å². The van der Waals surface area contributed by atoms with Gasteiger partial charge >= 0.3 is 0 Å². The molecule has 0 saturated heterocycles. The molecule has 0 bridgehead atoms. The number of nitrogens with one attached hydrogen (secondary N) is 2. The first-order chi connectivity index (χ1) is 14.0. The highest BCUT2D eigenvalue weighted by molar-refractivity contribution is 7.89. The van der Waals surface area contributed by atoms with Crippen molar-refractivity contribution in [1.29, 1.82) is 0 Å². The van der Waals surface area contributed by atoms with Crippen molar-refractivity contribution in [1.82, 2.24) is 20.0 Å². The van der Waals surface area contributed by atoms with Gasteiger partial charge in [0.2, 0.25) is 10.0 Å². The molecule has 0 aliphatic carbocycles. The Kier molecular flexibility index (Phi) is 6.65. The summed E-state index contributed by atoms with van der Waals surface area (Å²) < 4.78 is 26.5. The molecule has 3 aromatic rings. The van der Waals surface area contributed by atoms with Gasteiger partial charge in [0.15, 0.2) is 5.82 Å². The average molecular weight is 412 g/mol. The first-order valence-electron chi connectivity index (χ1n) is 8.85. The summed E-state index contributed by atoms with van der Waals surface area (Å²) in [6.07, 6.45) is 2.90. The maximum Gasteiger partial charge on any atom is 0.254 e. The Balaban J connectivity index is 1.64. The molecule has 1 heterocycles. The van der Waals surface area contributed by atoms with Crippen molar-refractivity contribution in [3.8, 4) is 11.4 Å². The lowest BCUT2D eigenvalue weighted by Gasteiger charge is -2.09. The van der Waals surface area contributed by atoms with Gasteiger partial charge in [0.25, 0.3) is 5.91 Å². The van der Waals surface area contributed by atoms with Crippen LogP contribution in [0.2, 0.25) is 0 Å². The lowest BCUT2D eigenvalue weighted by atomic mass is 10.2. The Morgan fingerprint density at radius 3 is 2.41 bits per heavy atom. The molecule has 1 amide bonds. The maximum absolute atomic E-state index is 12.3. The van der Waals surface area contributed by atoms with Gasteiger partial charge < -0.3 is 10.4 Å². The van der Waals surface area contributed by atoms with Gasteiger partial charge in [-0.1, -0.05) is 42.5 Å². The van der Waals surface area contributed by atoms with Gasteiger partial charge in [0.1, 0.15) is 0 Å². The maximum atomic E-state index is 12.3. The molecule has 0 radical (unpaired) electrons. The minimum atomic E-state index is -3.71. The molecular formula is C20H20N4O4S. The zero-order valence-corrected chi connectivity index (χ0v) is 16.3.